The van der Waals surface area contributed by atoms with Crippen molar-refractivity contribution in [3.63, 3.8) is 0 Å². The van der Waals surface area contributed by atoms with E-state index in [0.29, 0.717) is 18.9 Å². The molecule has 0 saturated carbocycles. The van der Waals surface area contributed by atoms with E-state index in [2.05, 4.69) is 4.98 Å². The Morgan fingerprint density at radius 2 is 2.24 bits per heavy atom. The molecule has 1 aromatic heterocycles. The molecule has 1 aliphatic heterocycles. The number of imidazole rings is 1. The van der Waals surface area contributed by atoms with Crippen LogP contribution in [-0.4, -0.2) is 44.3 Å². The zero-order valence-electron chi connectivity index (χ0n) is 13.2. The van der Waals surface area contributed by atoms with Crippen molar-refractivity contribution in [2.45, 2.75) is 45.3 Å². The molecule has 1 amide bonds. The van der Waals surface area contributed by atoms with Crippen molar-refractivity contribution in [1.29, 1.82) is 0 Å². The van der Waals surface area contributed by atoms with Gasteiger partial charge in [0.25, 0.3) is 0 Å². The van der Waals surface area contributed by atoms with Crippen LogP contribution >= 0.6 is 0 Å². The first-order chi connectivity index (χ1) is 9.78. The van der Waals surface area contributed by atoms with Crippen LogP contribution in [0.15, 0.2) is 12.4 Å². The first-order valence-corrected chi connectivity index (χ1v) is 7.41. The molecule has 0 aliphatic carbocycles. The average Bonchev–Trinajstić information content (AvgIpc) is 2.82. The highest BCUT2D eigenvalue weighted by Gasteiger charge is 2.32. The fourth-order valence-corrected chi connectivity index (χ4v) is 2.63. The summed E-state index contributed by atoms with van der Waals surface area (Å²) in [6, 6.07) is 0. The molecule has 1 saturated heterocycles. The molecule has 1 aromatic rings. The predicted molar refractivity (Wildman–Crippen MR) is 78.7 cm³/mol. The number of hydrogen-bond donors (Lipinski definition) is 1. The van der Waals surface area contributed by atoms with Crippen LogP contribution in [0.25, 0.3) is 0 Å². The van der Waals surface area contributed by atoms with Crippen molar-refractivity contribution in [2.75, 3.05) is 13.1 Å². The first kappa shape index (κ1) is 15.8. The van der Waals surface area contributed by atoms with Gasteiger partial charge in [0.2, 0.25) is 0 Å². The van der Waals surface area contributed by atoms with Gasteiger partial charge in [0.05, 0.1) is 0 Å². The number of aliphatic hydroxyl groups is 1. The molecule has 1 aliphatic rings. The van der Waals surface area contributed by atoms with E-state index in [0.717, 1.165) is 12.8 Å². The van der Waals surface area contributed by atoms with Gasteiger partial charge in [-0.25, -0.2) is 9.78 Å². The van der Waals surface area contributed by atoms with Gasteiger partial charge in [-0.2, -0.15) is 0 Å². The van der Waals surface area contributed by atoms with Crippen LogP contribution in [0.5, 0.6) is 0 Å². The first-order valence-electron chi connectivity index (χ1n) is 7.41. The smallest absolute Gasteiger partial charge is 0.410 e. The molecule has 21 heavy (non-hydrogen) atoms. The number of ether oxygens (including phenoxy) is 1. The van der Waals surface area contributed by atoms with Gasteiger partial charge in [-0.1, -0.05) is 0 Å². The molecule has 6 heteroatoms. The molecule has 118 valence electrons. The number of aromatic nitrogens is 2. The van der Waals surface area contributed by atoms with E-state index in [1.807, 2.05) is 38.6 Å². The van der Waals surface area contributed by atoms with Gasteiger partial charge >= 0.3 is 6.09 Å². The number of carbonyl (C=O) groups is 1. The molecule has 0 radical (unpaired) electrons. The van der Waals surface area contributed by atoms with E-state index in [9.17, 15) is 9.90 Å². The highest BCUT2D eigenvalue weighted by Crippen LogP contribution is 2.29. The van der Waals surface area contributed by atoms with Crippen molar-refractivity contribution >= 4 is 6.09 Å². The van der Waals surface area contributed by atoms with E-state index >= 15 is 0 Å². The third kappa shape index (κ3) is 3.97. The van der Waals surface area contributed by atoms with Gasteiger partial charge in [-0.05, 0) is 33.6 Å². The third-order valence-corrected chi connectivity index (χ3v) is 3.68. The maximum Gasteiger partial charge on any atom is 0.410 e. The standard InChI is InChI=1S/C15H25N3O3/c1-15(2,3)21-14(20)18-8-5-6-11(10-18)12(19)13-16-7-9-17(13)4/h7,9,11-12,19H,5-6,8,10H2,1-4H3/t11-,12+/m1/s1. The molecule has 0 unspecified atom stereocenters. The quantitative estimate of drug-likeness (QED) is 0.907. The number of rotatable bonds is 2. The highest BCUT2D eigenvalue weighted by molar-refractivity contribution is 5.68. The summed E-state index contributed by atoms with van der Waals surface area (Å²) in [5.74, 6) is 0.637. The lowest BCUT2D eigenvalue weighted by Gasteiger charge is -2.35. The number of carbonyl (C=O) groups excluding carboxylic acids is 1. The second kappa shape index (κ2) is 6.05. The molecule has 2 rings (SSSR count). The van der Waals surface area contributed by atoms with E-state index < -0.39 is 11.7 Å². The molecule has 2 atom stereocenters. The highest BCUT2D eigenvalue weighted by atomic mass is 16.6. The monoisotopic (exact) mass is 295 g/mol. The number of hydrogen-bond acceptors (Lipinski definition) is 4. The number of aliphatic hydroxyl groups excluding tert-OH is 1. The topological polar surface area (TPSA) is 67.6 Å². The van der Waals surface area contributed by atoms with Crippen molar-refractivity contribution in [2.24, 2.45) is 13.0 Å². The van der Waals surface area contributed by atoms with E-state index in [1.54, 1.807) is 11.1 Å². The molecule has 1 N–H and O–H groups in total. The second-order valence-electron chi connectivity index (χ2n) is 6.67. The van der Waals surface area contributed by atoms with Gasteiger partial charge in [0, 0.05) is 38.4 Å². The van der Waals surface area contributed by atoms with Crippen LogP contribution in [0.4, 0.5) is 4.79 Å². The number of nitrogens with zero attached hydrogens (tertiary/aromatic N) is 3. The van der Waals surface area contributed by atoms with Crippen LogP contribution in [-0.2, 0) is 11.8 Å². The Hall–Kier alpha value is -1.56. The summed E-state index contributed by atoms with van der Waals surface area (Å²) in [5, 5.41) is 10.5. The van der Waals surface area contributed by atoms with Crippen molar-refractivity contribution in [3.8, 4) is 0 Å². The molecular weight excluding hydrogens is 270 g/mol. The van der Waals surface area contributed by atoms with Gasteiger partial charge in [0.15, 0.2) is 0 Å². The van der Waals surface area contributed by atoms with Crippen LogP contribution in [0.2, 0.25) is 0 Å². The Morgan fingerprint density at radius 1 is 1.52 bits per heavy atom. The zero-order chi connectivity index (χ0) is 15.6. The Morgan fingerprint density at radius 3 is 2.81 bits per heavy atom. The number of piperidine rings is 1. The van der Waals surface area contributed by atoms with Gasteiger partial charge < -0.3 is 19.3 Å². The van der Waals surface area contributed by atoms with Crippen LogP contribution < -0.4 is 0 Å². The normalized spacial score (nSPS) is 21.2. The molecule has 0 spiro atoms. The van der Waals surface area contributed by atoms with Gasteiger partial charge in [-0.3, -0.25) is 0 Å². The van der Waals surface area contributed by atoms with Crippen LogP contribution in [0.3, 0.4) is 0 Å². The molecular formula is C15H25N3O3. The molecule has 1 fully saturated rings. The fraction of sp³-hybridized carbons (Fsp3) is 0.733. The Balaban J connectivity index is 2.01. The predicted octanol–water partition coefficient (Wildman–Crippen LogP) is 2.10. The molecule has 6 nitrogen and oxygen atoms in total. The lowest BCUT2D eigenvalue weighted by atomic mass is 9.92. The summed E-state index contributed by atoms with van der Waals surface area (Å²) >= 11 is 0. The summed E-state index contributed by atoms with van der Waals surface area (Å²) in [4.78, 5) is 18.0. The van der Waals surface area contributed by atoms with Gasteiger partial charge in [0.1, 0.15) is 17.5 Å². The SMILES string of the molecule is Cn1ccnc1[C@@H](O)[C@@H]1CCCN(C(=O)OC(C)(C)C)C1. The maximum atomic E-state index is 12.1. The lowest BCUT2D eigenvalue weighted by molar-refractivity contribution is 0.000567. The van der Waals surface area contributed by atoms with E-state index in [1.165, 1.54) is 0 Å². The summed E-state index contributed by atoms with van der Waals surface area (Å²) in [6.45, 7) is 6.75. The largest absolute Gasteiger partial charge is 0.444 e. The summed E-state index contributed by atoms with van der Waals surface area (Å²) in [6.07, 6.45) is 4.27. The minimum Gasteiger partial charge on any atom is -0.444 e. The van der Waals surface area contributed by atoms with E-state index in [4.69, 9.17) is 4.74 Å². The lowest BCUT2D eigenvalue weighted by Crippen LogP contribution is -2.44. The van der Waals surface area contributed by atoms with Crippen LogP contribution in [0.1, 0.15) is 45.5 Å². The third-order valence-electron chi connectivity index (χ3n) is 3.68. The van der Waals surface area contributed by atoms with Crippen molar-refractivity contribution in [3.05, 3.63) is 18.2 Å². The minimum atomic E-state index is -0.657. The number of aryl methyl sites for hydroxylation is 1. The average molecular weight is 295 g/mol. The van der Waals surface area contributed by atoms with Crippen LogP contribution in [0, 0.1) is 5.92 Å². The minimum absolute atomic E-state index is 0.00707. The van der Waals surface area contributed by atoms with Crippen molar-refractivity contribution in [1.82, 2.24) is 14.5 Å². The summed E-state index contributed by atoms with van der Waals surface area (Å²) < 4.78 is 7.22. The second-order valence-corrected chi connectivity index (χ2v) is 6.67. The summed E-state index contributed by atoms with van der Waals surface area (Å²) in [7, 11) is 1.86. The molecule has 0 bridgehead atoms. The maximum absolute atomic E-state index is 12.1. The molecule has 2 heterocycles. The van der Waals surface area contributed by atoms with Gasteiger partial charge in [-0.15, -0.1) is 0 Å². The number of likely N-dealkylation sites (tertiary alicyclic amines) is 1. The van der Waals surface area contributed by atoms with Crippen molar-refractivity contribution < 1.29 is 14.6 Å². The Kier molecular flexibility index (Phi) is 4.56. The Labute approximate surface area is 125 Å². The number of amides is 1. The zero-order valence-corrected chi connectivity index (χ0v) is 13.2. The Bertz CT molecular complexity index is 493. The fourth-order valence-electron chi connectivity index (χ4n) is 2.63. The molecule has 0 aromatic carbocycles. The summed E-state index contributed by atoms with van der Waals surface area (Å²) in [5.41, 5.74) is -0.498. The van der Waals surface area contributed by atoms with E-state index in [-0.39, 0.29) is 12.0 Å².